The molecule has 2 rings (SSSR count). The lowest BCUT2D eigenvalue weighted by Crippen LogP contribution is -2.42. The molecule has 0 unspecified atom stereocenters. The van der Waals surface area contributed by atoms with Crippen molar-refractivity contribution in [1.29, 1.82) is 0 Å². The summed E-state index contributed by atoms with van der Waals surface area (Å²) in [7, 11) is -3.07. The zero-order valence-corrected chi connectivity index (χ0v) is 15.9. The summed E-state index contributed by atoms with van der Waals surface area (Å²) in [5.74, 6) is -0.219. The van der Waals surface area contributed by atoms with Crippen LogP contribution in [0.5, 0.6) is 5.75 Å². The second-order valence-corrected chi connectivity index (χ2v) is 8.51. The number of hydrogen-bond donors (Lipinski definition) is 1. The van der Waals surface area contributed by atoms with Gasteiger partial charge >= 0.3 is 5.97 Å². The van der Waals surface area contributed by atoms with Gasteiger partial charge in [-0.25, -0.2) is 8.42 Å². The number of rotatable bonds is 8. The first-order chi connectivity index (χ1) is 12.3. The molecule has 7 nitrogen and oxygen atoms in total. The molecule has 0 saturated carbocycles. The Hall–Kier alpha value is -2.09. The van der Waals surface area contributed by atoms with Crippen LogP contribution in [0.15, 0.2) is 24.3 Å². The maximum absolute atomic E-state index is 12.1. The highest BCUT2D eigenvalue weighted by atomic mass is 32.2. The summed E-state index contributed by atoms with van der Waals surface area (Å²) < 4.78 is 33.5. The summed E-state index contributed by atoms with van der Waals surface area (Å²) >= 11 is 0. The van der Waals surface area contributed by atoms with Gasteiger partial charge in [0.2, 0.25) is 0 Å². The largest absolute Gasteiger partial charge is 0.494 e. The molecule has 144 valence electrons. The van der Waals surface area contributed by atoms with Gasteiger partial charge in [0.15, 0.2) is 15.9 Å². The molecule has 0 bridgehead atoms. The van der Waals surface area contributed by atoms with Crippen LogP contribution in [0.1, 0.15) is 32.3 Å². The van der Waals surface area contributed by atoms with Gasteiger partial charge < -0.3 is 14.8 Å². The average Bonchev–Trinajstić information content (AvgIpc) is 2.92. The van der Waals surface area contributed by atoms with E-state index >= 15 is 0 Å². The summed E-state index contributed by atoms with van der Waals surface area (Å²) in [6.07, 6.45) is 0.0000918. The third kappa shape index (κ3) is 6.01. The van der Waals surface area contributed by atoms with Crippen LogP contribution in [-0.4, -0.2) is 50.6 Å². The maximum Gasteiger partial charge on any atom is 0.306 e. The molecule has 26 heavy (non-hydrogen) atoms. The number of ether oxygens (including phenoxy) is 2. The zero-order valence-electron chi connectivity index (χ0n) is 15.1. The average molecular weight is 383 g/mol. The van der Waals surface area contributed by atoms with E-state index in [1.807, 2.05) is 31.2 Å². The Labute approximate surface area is 154 Å². The molecule has 1 heterocycles. The first-order valence-corrected chi connectivity index (χ1v) is 10.5. The van der Waals surface area contributed by atoms with E-state index in [2.05, 4.69) is 5.32 Å². The minimum absolute atomic E-state index is 0.0619. The number of sulfone groups is 1. The van der Waals surface area contributed by atoms with Crippen molar-refractivity contribution in [2.75, 3.05) is 18.1 Å². The molecule has 1 saturated heterocycles. The molecule has 1 fully saturated rings. The van der Waals surface area contributed by atoms with Gasteiger partial charge in [0.1, 0.15) is 5.75 Å². The molecule has 0 aromatic heterocycles. The van der Waals surface area contributed by atoms with E-state index in [9.17, 15) is 18.0 Å². The fourth-order valence-electron chi connectivity index (χ4n) is 2.78. The van der Waals surface area contributed by atoms with Gasteiger partial charge in [0, 0.05) is 12.5 Å². The summed E-state index contributed by atoms with van der Waals surface area (Å²) in [5.41, 5.74) is 0.902. The molecular formula is C18H25NO6S. The van der Waals surface area contributed by atoms with Crippen molar-refractivity contribution in [3.8, 4) is 5.75 Å². The minimum Gasteiger partial charge on any atom is -0.494 e. The second-order valence-electron chi connectivity index (χ2n) is 6.28. The van der Waals surface area contributed by atoms with Crippen LogP contribution in [0.3, 0.4) is 0 Å². The fraction of sp³-hybridized carbons (Fsp3) is 0.556. The number of esters is 1. The predicted octanol–water partition coefficient (Wildman–Crippen LogP) is 1.25. The van der Waals surface area contributed by atoms with Gasteiger partial charge in [-0.05, 0) is 38.3 Å². The Morgan fingerprint density at radius 2 is 2.04 bits per heavy atom. The summed E-state index contributed by atoms with van der Waals surface area (Å²) in [5, 5.41) is 2.62. The Balaban J connectivity index is 1.79. The highest BCUT2D eigenvalue weighted by Gasteiger charge is 2.30. The normalized spacial score (nSPS) is 19.5. The number of benzene rings is 1. The molecule has 8 heteroatoms. The topological polar surface area (TPSA) is 98.8 Å². The Morgan fingerprint density at radius 3 is 2.69 bits per heavy atom. The second kappa shape index (κ2) is 9.02. The third-order valence-electron chi connectivity index (χ3n) is 4.13. The molecule has 1 aliphatic heterocycles. The van der Waals surface area contributed by atoms with Crippen LogP contribution in [-0.2, 0) is 30.6 Å². The Kier molecular flexibility index (Phi) is 7.02. The Morgan fingerprint density at radius 1 is 1.31 bits per heavy atom. The summed E-state index contributed by atoms with van der Waals surface area (Å²) in [4.78, 5) is 24.1. The molecule has 1 N–H and O–H groups in total. The minimum atomic E-state index is -3.07. The van der Waals surface area contributed by atoms with Crippen molar-refractivity contribution >= 4 is 21.7 Å². The van der Waals surface area contributed by atoms with Crippen LogP contribution in [0.4, 0.5) is 0 Å². The van der Waals surface area contributed by atoms with E-state index < -0.39 is 33.9 Å². The highest BCUT2D eigenvalue weighted by molar-refractivity contribution is 7.91. The Bertz CT molecular complexity index is 746. The number of hydrogen-bond acceptors (Lipinski definition) is 6. The lowest BCUT2D eigenvalue weighted by molar-refractivity contribution is -0.155. The number of carbonyl (C=O) groups is 2. The van der Waals surface area contributed by atoms with Crippen molar-refractivity contribution < 1.29 is 27.5 Å². The fourth-order valence-corrected chi connectivity index (χ4v) is 4.45. The SMILES string of the molecule is CCOc1ccccc1CCC(=O)O[C@H](C)C(=O)N[C@@H]1CCS(=O)(=O)C1. The van der Waals surface area contributed by atoms with E-state index in [4.69, 9.17) is 9.47 Å². The van der Waals surface area contributed by atoms with Crippen molar-refractivity contribution in [2.45, 2.75) is 45.3 Å². The van der Waals surface area contributed by atoms with E-state index in [1.165, 1.54) is 6.92 Å². The molecule has 1 aromatic rings. The number of para-hydroxylation sites is 1. The van der Waals surface area contributed by atoms with E-state index in [0.29, 0.717) is 19.4 Å². The quantitative estimate of drug-likeness (QED) is 0.679. The summed E-state index contributed by atoms with van der Waals surface area (Å²) in [6, 6.07) is 7.05. The van der Waals surface area contributed by atoms with E-state index in [0.717, 1.165) is 11.3 Å². The molecule has 1 aliphatic rings. The van der Waals surface area contributed by atoms with Gasteiger partial charge in [-0.2, -0.15) is 0 Å². The number of amides is 1. The van der Waals surface area contributed by atoms with Crippen LogP contribution in [0.2, 0.25) is 0 Å². The van der Waals surface area contributed by atoms with Gasteiger partial charge in [0.05, 0.1) is 18.1 Å². The first-order valence-electron chi connectivity index (χ1n) is 8.71. The standard InChI is InChI=1S/C18H25NO6S/c1-3-24-16-7-5-4-6-14(16)8-9-17(20)25-13(2)18(21)19-15-10-11-26(22,23)12-15/h4-7,13,15H,3,8-12H2,1-2H3,(H,19,21)/t13-,15-/m1/s1. The number of aryl methyl sites for hydroxylation is 1. The lowest BCUT2D eigenvalue weighted by Gasteiger charge is -2.16. The molecule has 1 amide bonds. The van der Waals surface area contributed by atoms with Gasteiger partial charge in [-0.3, -0.25) is 9.59 Å². The van der Waals surface area contributed by atoms with Crippen LogP contribution in [0.25, 0.3) is 0 Å². The third-order valence-corrected chi connectivity index (χ3v) is 5.90. The number of carbonyl (C=O) groups excluding carboxylic acids is 2. The highest BCUT2D eigenvalue weighted by Crippen LogP contribution is 2.20. The lowest BCUT2D eigenvalue weighted by atomic mass is 10.1. The number of nitrogens with one attached hydrogen (secondary N) is 1. The summed E-state index contributed by atoms with van der Waals surface area (Å²) in [6.45, 7) is 3.90. The van der Waals surface area contributed by atoms with E-state index in [-0.39, 0.29) is 17.9 Å². The zero-order chi connectivity index (χ0) is 19.2. The molecule has 1 aromatic carbocycles. The predicted molar refractivity (Wildman–Crippen MR) is 96.7 cm³/mol. The van der Waals surface area contributed by atoms with Crippen molar-refractivity contribution in [1.82, 2.24) is 5.32 Å². The smallest absolute Gasteiger partial charge is 0.306 e. The van der Waals surface area contributed by atoms with Crippen molar-refractivity contribution in [3.63, 3.8) is 0 Å². The molecule has 2 atom stereocenters. The molecule has 0 aliphatic carbocycles. The van der Waals surface area contributed by atoms with Crippen molar-refractivity contribution in [2.24, 2.45) is 0 Å². The maximum atomic E-state index is 12.1. The molecule has 0 radical (unpaired) electrons. The van der Waals surface area contributed by atoms with Crippen LogP contribution < -0.4 is 10.1 Å². The molecular weight excluding hydrogens is 358 g/mol. The van der Waals surface area contributed by atoms with Gasteiger partial charge in [-0.1, -0.05) is 18.2 Å². The van der Waals surface area contributed by atoms with Crippen molar-refractivity contribution in [3.05, 3.63) is 29.8 Å². The van der Waals surface area contributed by atoms with Crippen LogP contribution in [0, 0.1) is 0 Å². The van der Waals surface area contributed by atoms with Gasteiger partial charge in [-0.15, -0.1) is 0 Å². The van der Waals surface area contributed by atoms with Gasteiger partial charge in [0.25, 0.3) is 5.91 Å². The van der Waals surface area contributed by atoms with Crippen LogP contribution >= 0.6 is 0 Å². The first kappa shape index (κ1) is 20.2. The molecule has 0 spiro atoms. The monoisotopic (exact) mass is 383 g/mol. The van der Waals surface area contributed by atoms with E-state index in [1.54, 1.807) is 0 Å².